The Hall–Kier alpha value is 0.1000. The van der Waals surface area contributed by atoms with Crippen molar-refractivity contribution >= 4 is 42.1 Å². The van der Waals surface area contributed by atoms with Gasteiger partial charge in [-0.25, -0.2) is 4.39 Å². The summed E-state index contributed by atoms with van der Waals surface area (Å²) in [6.45, 7) is 0. The van der Waals surface area contributed by atoms with Gasteiger partial charge < -0.3 is 0 Å². The van der Waals surface area contributed by atoms with Crippen LogP contribution in [0.25, 0.3) is 3.58 Å². The molecule has 0 spiro atoms. The van der Waals surface area contributed by atoms with E-state index in [9.17, 15) is 4.39 Å². The SMILES string of the molecule is Fc1ccc(/C(I)=C/CBr)cc1. The van der Waals surface area contributed by atoms with E-state index in [1.54, 1.807) is 12.1 Å². The van der Waals surface area contributed by atoms with Gasteiger partial charge >= 0.3 is 0 Å². The highest BCUT2D eigenvalue weighted by atomic mass is 127. The van der Waals surface area contributed by atoms with E-state index in [4.69, 9.17) is 0 Å². The molecule has 0 radical (unpaired) electrons. The smallest absolute Gasteiger partial charge is 0.123 e. The Morgan fingerprint density at radius 1 is 1.42 bits per heavy atom. The zero-order chi connectivity index (χ0) is 8.97. The van der Waals surface area contributed by atoms with Gasteiger partial charge in [-0.1, -0.05) is 34.1 Å². The van der Waals surface area contributed by atoms with Crippen molar-refractivity contribution in [3.8, 4) is 0 Å². The van der Waals surface area contributed by atoms with Crippen molar-refractivity contribution in [2.75, 3.05) is 5.33 Å². The summed E-state index contributed by atoms with van der Waals surface area (Å²) in [5.74, 6) is -0.193. The predicted octanol–water partition coefficient (Wildman–Crippen LogP) is 4.00. The van der Waals surface area contributed by atoms with Crippen LogP contribution in [0.15, 0.2) is 30.3 Å². The minimum atomic E-state index is -0.193. The third-order valence-electron chi connectivity index (χ3n) is 1.38. The van der Waals surface area contributed by atoms with Crippen molar-refractivity contribution in [2.24, 2.45) is 0 Å². The predicted molar refractivity (Wildman–Crippen MR) is 62.2 cm³/mol. The molecule has 0 aliphatic heterocycles. The molecule has 0 saturated heterocycles. The molecule has 0 aromatic heterocycles. The van der Waals surface area contributed by atoms with Crippen LogP contribution in [0, 0.1) is 5.82 Å². The van der Waals surface area contributed by atoms with E-state index in [-0.39, 0.29) is 5.82 Å². The highest BCUT2D eigenvalue weighted by Gasteiger charge is 1.95. The largest absolute Gasteiger partial charge is 0.207 e. The molecule has 1 rings (SSSR count). The molecule has 0 aliphatic rings. The summed E-state index contributed by atoms with van der Waals surface area (Å²) >= 11 is 5.53. The van der Waals surface area contributed by atoms with Gasteiger partial charge in [0.2, 0.25) is 0 Å². The molecule has 0 bridgehead atoms. The van der Waals surface area contributed by atoms with Gasteiger partial charge in [-0.3, -0.25) is 0 Å². The first kappa shape index (κ1) is 10.2. The number of rotatable bonds is 2. The summed E-state index contributed by atoms with van der Waals surface area (Å²) in [5.41, 5.74) is 1.05. The Balaban J connectivity index is 2.89. The Morgan fingerprint density at radius 2 is 2.00 bits per heavy atom. The van der Waals surface area contributed by atoms with E-state index < -0.39 is 0 Å². The lowest BCUT2D eigenvalue weighted by Crippen LogP contribution is -1.78. The van der Waals surface area contributed by atoms with E-state index in [0.29, 0.717) is 0 Å². The third-order valence-corrected chi connectivity index (χ3v) is 2.76. The minimum absolute atomic E-state index is 0.193. The van der Waals surface area contributed by atoms with Gasteiger partial charge in [-0.15, -0.1) is 0 Å². The molecular formula is C9H7BrFI. The van der Waals surface area contributed by atoms with Crippen LogP contribution in [0.5, 0.6) is 0 Å². The van der Waals surface area contributed by atoms with Crippen LogP contribution in [0.1, 0.15) is 5.56 Å². The number of hydrogen-bond donors (Lipinski definition) is 0. The fraction of sp³-hybridized carbons (Fsp3) is 0.111. The average Bonchev–Trinajstić information content (AvgIpc) is 2.06. The molecule has 3 heteroatoms. The van der Waals surface area contributed by atoms with E-state index in [0.717, 1.165) is 14.5 Å². The fourth-order valence-electron chi connectivity index (χ4n) is 0.795. The highest BCUT2D eigenvalue weighted by Crippen LogP contribution is 2.21. The Morgan fingerprint density at radius 3 is 2.50 bits per heavy atom. The quantitative estimate of drug-likeness (QED) is 0.564. The van der Waals surface area contributed by atoms with E-state index in [2.05, 4.69) is 38.5 Å². The highest BCUT2D eigenvalue weighted by molar-refractivity contribution is 14.1. The van der Waals surface area contributed by atoms with E-state index in [1.165, 1.54) is 12.1 Å². The number of benzene rings is 1. The monoisotopic (exact) mass is 340 g/mol. The Kier molecular flexibility index (Phi) is 4.21. The Bertz CT molecular complexity index is 279. The van der Waals surface area contributed by atoms with Gasteiger partial charge in [0.1, 0.15) is 5.82 Å². The zero-order valence-electron chi connectivity index (χ0n) is 6.23. The first-order chi connectivity index (χ1) is 5.74. The number of hydrogen-bond acceptors (Lipinski definition) is 0. The molecular weight excluding hydrogens is 334 g/mol. The zero-order valence-corrected chi connectivity index (χ0v) is 9.97. The number of allylic oxidation sites excluding steroid dienone is 1. The van der Waals surface area contributed by atoms with Gasteiger partial charge in [0.05, 0.1) is 0 Å². The summed E-state index contributed by atoms with van der Waals surface area (Å²) in [6.07, 6.45) is 2.04. The van der Waals surface area contributed by atoms with Gasteiger partial charge in [0, 0.05) is 8.91 Å². The lowest BCUT2D eigenvalue weighted by Gasteiger charge is -1.97. The maximum atomic E-state index is 12.5. The first-order valence-electron chi connectivity index (χ1n) is 3.41. The van der Waals surface area contributed by atoms with Gasteiger partial charge in [0.25, 0.3) is 0 Å². The fourth-order valence-corrected chi connectivity index (χ4v) is 2.30. The second-order valence-corrected chi connectivity index (χ2v) is 4.02. The van der Waals surface area contributed by atoms with Gasteiger partial charge in [0.15, 0.2) is 0 Å². The van der Waals surface area contributed by atoms with Crippen molar-refractivity contribution in [1.82, 2.24) is 0 Å². The Labute approximate surface area is 93.1 Å². The van der Waals surface area contributed by atoms with Crippen LogP contribution in [0.2, 0.25) is 0 Å². The number of halogens is 3. The molecule has 0 atom stereocenters. The molecule has 64 valence electrons. The summed E-state index contributed by atoms with van der Waals surface area (Å²) in [6, 6.07) is 6.48. The van der Waals surface area contributed by atoms with Crippen molar-refractivity contribution < 1.29 is 4.39 Å². The minimum Gasteiger partial charge on any atom is -0.207 e. The molecule has 0 aliphatic carbocycles. The molecule has 0 N–H and O–H groups in total. The van der Waals surface area contributed by atoms with Crippen LogP contribution in [-0.4, -0.2) is 5.33 Å². The standard InChI is InChI=1S/C9H7BrFI/c10-6-5-9(12)7-1-3-8(11)4-2-7/h1-5H,6H2/b9-5-. The van der Waals surface area contributed by atoms with E-state index >= 15 is 0 Å². The summed E-state index contributed by atoms with van der Waals surface area (Å²) in [4.78, 5) is 0. The van der Waals surface area contributed by atoms with Gasteiger partial charge in [-0.05, 0) is 40.3 Å². The first-order valence-corrected chi connectivity index (χ1v) is 5.61. The van der Waals surface area contributed by atoms with Crippen molar-refractivity contribution in [3.05, 3.63) is 41.7 Å². The normalized spacial score (nSPS) is 11.8. The third kappa shape index (κ3) is 2.86. The van der Waals surface area contributed by atoms with Crippen LogP contribution in [0.4, 0.5) is 4.39 Å². The van der Waals surface area contributed by atoms with Crippen LogP contribution in [-0.2, 0) is 0 Å². The average molecular weight is 341 g/mol. The molecule has 0 amide bonds. The summed E-state index contributed by atoms with van der Waals surface area (Å²) in [5, 5.41) is 0.822. The second kappa shape index (κ2) is 4.97. The maximum Gasteiger partial charge on any atom is 0.123 e. The molecule has 0 saturated carbocycles. The topological polar surface area (TPSA) is 0 Å². The van der Waals surface area contributed by atoms with Crippen molar-refractivity contribution in [2.45, 2.75) is 0 Å². The molecule has 1 aromatic rings. The van der Waals surface area contributed by atoms with E-state index in [1.807, 2.05) is 6.08 Å². The molecule has 12 heavy (non-hydrogen) atoms. The molecule has 1 aromatic carbocycles. The molecule has 0 heterocycles. The van der Waals surface area contributed by atoms with Crippen molar-refractivity contribution in [1.29, 1.82) is 0 Å². The van der Waals surface area contributed by atoms with Crippen LogP contribution >= 0.6 is 38.5 Å². The van der Waals surface area contributed by atoms with Crippen LogP contribution < -0.4 is 0 Å². The lowest BCUT2D eigenvalue weighted by molar-refractivity contribution is 0.628. The maximum absolute atomic E-state index is 12.5. The molecule has 0 fully saturated rings. The van der Waals surface area contributed by atoms with Crippen LogP contribution in [0.3, 0.4) is 0 Å². The summed E-state index contributed by atoms with van der Waals surface area (Å²) < 4.78 is 13.6. The molecule has 0 nitrogen and oxygen atoms in total. The lowest BCUT2D eigenvalue weighted by atomic mass is 10.2. The van der Waals surface area contributed by atoms with Crippen molar-refractivity contribution in [3.63, 3.8) is 0 Å². The second-order valence-electron chi connectivity index (χ2n) is 2.21. The summed E-state index contributed by atoms with van der Waals surface area (Å²) in [7, 11) is 0. The molecule has 0 unspecified atom stereocenters. The van der Waals surface area contributed by atoms with Gasteiger partial charge in [-0.2, -0.15) is 0 Å². The number of alkyl halides is 1.